The van der Waals surface area contributed by atoms with Gasteiger partial charge in [0.2, 0.25) is 5.76 Å². The first-order valence-corrected chi connectivity index (χ1v) is 8.99. The summed E-state index contributed by atoms with van der Waals surface area (Å²) in [4.78, 5) is 29.0. The molecule has 0 unspecified atom stereocenters. The maximum atomic E-state index is 12.4. The summed E-state index contributed by atoms with van der Waals surface area (Å²) in [5, 5.41) is 3.71. The van der Waals surface area contributed by atoms with Crippen LogP contribution >= 0.6 is 11.3 Å². The summed E-state index contributed by atoms with van der Waals surface area (Å²) < 4.78 is 12.7. The number of rotatable bonds is 4. The highest BCUT2D eigenvalue weighted by molar-refractivity contribution is 7.16. The average molecular weight is 373 g/mol. The number of hydrogen-bond acceptors (Lipinski definition) is 6. The van der Waals surface area contributed by atoms with Crippen LogP contribution in [0.4, 0.5) is 0 Å². The molecule has 0 fully saturated rings. The molecule has 0 aliphatic heterocycles. The minimum Gasteiger partial charge on any atom is -0.465 e. The Labute approximate surface area is 153 Å². The van der Waals surface area contributed by atoms with E-state index >= 15 is 0 Å². The van der Waals surface area contributed by atoms with Crippen molar-refractivity contribution in [1.29, 1.82) is 0 Å². The molecule has 3 aromatic rings. The summed E-state index contributed by atoms with van der Waals surface area (Å²) in [5.41, 5.74) is 3.58. The zero-order valence-electron chi connectivity index (χ0n) is 15.0. The summed E-state index contributed by atoms with van der Waals surface area (Å²) in [6.45, 7) is 7.74. The lowest BCUT2D eigenvalue weighted by Crippen LogP contribution is -2.23. The van der Waals surface area contributed by atoms with Crippen molar-refractivity contribution in [2.45, 2.75) is 34.2 Å². The van der Waals surface area contributed by atoms with Crippen LogP contribution in [0.15, 0.2) is 27.7 Å². The van der Waals surface area contributed by atoms with E-state index in [0.29, 0.717) is 17.1 Å². The van der Waals surface area contributed by atoms with E-state index < -0.39 is 5.91 Å². The summed E-state index contributed by atoms with van der Waals surface area (Å²) in [7, 11) is 0. The zero-order valence-corrected chi connectivity index (χ0v) is 15.8. The number of amides is 1. The van der Waals surface area contributed by atoms with Crippen LogP contribution < -0.4 is 4.80 Å². The molecule has 2 aromatic heterocycles. The number of carbonyl (C=O) groups is 2. The smallest absolute Gasteiger partial charge is 0.326 e. The van der Waals surface area contributed by atoms with Gasteiger partial charge in [-0.1, -0.05) is 22.6 Å². The van der Waals surface area contributed by atoms with Gasteiger partial charge < -0.3 is 13.8 Å². The molecule has 1 amide bonds. The van der Waals surface area contributed by atoms with Gasteiger partial charge in [-0.15, -0.1) is 0 Å². The van der Waals surface area contributed by atoms with Crippen LogP contribution in [0, 0.1) is 20.8 Å². The van der Waals surface area contributed by atoms with Crippen molar-refractivity contribution in [1.82, 2.24) is 9.72 Å². The lowest BCUT2D eigenvalue weighted by molar-refractivity contribution is -0.143. The summed E-state index contributed by atoms with van der Waals surface area (Å²) in [6, 6.07) is 5.56. The van der Waals surface area contributed by atoms with Crippen molar-refractivity contribution in [2.24, 2.45) is 4.99 Å². The van der Waals surface area contributed by atoms with E-state index in [1.165, 1.54) is 17.4 Å². The molecular formula is C18H19N3O4S. The van der Waals surface area contributed by atoms with Crippen LogP contribution in [-0.4, -0.2) is 28.2 Å². The second-order valence-corrected chi connectivity index (χ2v) is 6.93. The number of esters is 1. The molecule has 0 aliphatic carbocycles. The average Bonchev–Trinajstić information content (AvgIpc) is 3.13. The van der Waals surface area contributed by atoms with E-state index in [0.717, 1.165) is 21.3 Å². The third kappa shape index (κ3) is 3.60. The van der Waals surface area contributed by atoms with Crippen LogP contribution in [-0.2, 0) is 16.1 Å². The van der Waals surface area contributed by atoms with E-state index in [2.05, 4.69) is 16.2 Å². The van der Waals surface area contributed by atoms with Gasteiger partial charge in [-0.2, -0.15) is 4.99 Å². The number of hydrogen-bond donors (Lipinski definition) is 0. The number of thiazole rings is 1. The van der Waals surface area contributed by atoms with E-state index in [4.69, 9.17) is 9.26 Å². The zero-order chi connectivity index (χ0) is 18.8. The fraction of sp³-hybridized carbons (Fsp3) is 0.333. The molecule has 26 heavy (non-hydrogen) atoms. The molecule has 0 saturated heterocycles. The lowest BCUT2D eigenvalue weighted by atomic mass is 10.1. The van der Waals surface area contributed by atoms with Crippen molar-refractivity contribution in [3.8, 4) is 0 Å². The fourth-order valence-electron chi connectivity index (χ4n) is 2.69. The lowest BCUT2D eigenvalue weighted by Gasteiger charge is -2.06. The first-order valence-electron chi connectivity index (χ1n) is 8.17. The van der Waals surface area contributed by atoms with Crippen molar-refractivity contribution in [3.63, 3.8) is 0 Å². The molecule has 3 rings (SSSR count). The predicted molar refractivity (Wildman–Crippen MR) is 97.1 cm³/mol. The van der Waals surface area contributed by atoms with E-state index in [1.807, 2.05) is 19.9 Å². The van der Waals surface area contributed by atoms with Crippen molar-refractivity contribution < 1.29 is 18.8 Å². The molecule has 1 aromatic carbocycles. The van der Waals surface area contributed by atoms with E-state index in [1.54, 1.807) is 18.4 Å². The Morgan fingerprint density at radius 1 is 1.27 bits per heavy atom. The molecule has 0 atom stereocenters. The molecule has 0 radical (unpaired) electrons. The maximum Gasteiger partial charge on any atom is 0.326 e. The van der Waals surface area contributed by atoms with Gasteiger partial charge in [0.05, 0.1) is 22.5 Å². The van der Waals surface area contributed by atoms with E-state index in [9.17, 15) is 9.59 Å². The van der Waals surface area contributed by atoms with Gasteiger partial charge in [0.1, 0.15) is 6.54 Å². The number of aromatic nitrogens is 2. The normalized spacial score (nSPS) is 11.9. The van der Waals surface area contributed by atoms with Gasteiger partial charge in [0, 0.05) is 6.07 Å². The highest BCUT2D eigenvalue weighted by Crippen LogP contribution is 2.23. The molecule has 0 aliphatic rings. The van der Waals surface area contributed by atoms with Crippen LogP contribution in [0.5, 0.6) is 0 Å². The van der Waals surface area contributed by atoms with Crippen LogP contribution in [0.3, 0.4) is 0 Å². The Kier molecular flexibility index (Phi) is 5.03. The van der Waals surface area contributed by atoms with Crippen molar-refractivity contribution >= 4 is 33.4 Å². The number of benzene rings is 1. The second kappa shape index (κ2) is 7.25. The second-order valence-electron chi connectivity index (χ2n) is 5.96. The largest absolute Gasteiger partial charge is 0.465 e. The Hall–Kier alpha value is -2.74. The van der Waals surface area contributed by atoms with Gasteiger partial charge in [-0.05, 0) is 44.9 Å². The number of ether oxygens (including phenoxy) is 1. The van der Waals surface area contributed by atoms with Gasteiger partial charge >= 0.3 is 11.9 Å². The summed E-state index contributed by atoms with van der Waals surface area (Å²) in [6.07, 6.45) is 0. The monoisotopic (exact) mass is 373 g/mol. The summed E-state index contributed by atoms with van der Waals surface area (Å²) in [5.74, 6) is -0.851. The minimum atomic E-state index is -0.538. The molecule has 0 spiro atoms. The highest BCUT2D eigenvalue weighted by atomic mass is 32.1. The molecule has 8 heteroatoms. The summed E-state index contributed by atoms with van der Waals surface area (Å²) >= 11 is 1.35. The standard InChI is InChI=1S/C18H19N3O4S/c1-5-24-15(22)9-21-13-7-10(2)6-11(3)16(13)26-18(21)19-17(23)14-8-12(4)20-25-14/h6-8H,5,9H2,1-4H3. The van der Waals surface area contributed by atoms with Gasteiger partial charge in [0.25, 0.3) is 0 Å². The van der Waals surface area contributed by atoms with Crippen molar-refractivity contribution in [3.05, 3.63) is 45.6 Å². The Morgan fingerprint density at radius 3 is 2.69 bits per heavy atom. The number of aryl methyl sites for hydroxylation is 3. The highest BCUT2D eigenvalue weighted by Gasteiger charge is 2.16. The predicted octanol–water partition coefficient (Wildman–Crippen LogP) is 2.92. The topological polar surface area (TPSA) is 86.7 Å². The van der Waals surface area contributed by atoms with Crippen LogP contribution in [0.25, 0.3) is 10.2 Å². The molecule has 136 valence electrons. The molecule has 0 saturated carbocycles. The van der Waals surface area contributed by atoms with Crippen LogP contribution in [0.2, 0.25) is 0 Å². The first kappa shape index (κ1) is 18.1. The molecule has 0 N–H and O–H groups in total. The van der Waals surface area contributed by atoms with Gasteiger partial charge in [-0.3, -0.25) is 9.59 Å². The van der Waals surface area contributed by atoms with Crippen LogP contribution in [0.1, 0.15) is 34.3 Å². The molecule has 7 nitrogen and oxygen atoms in total. The Bertz CT molecular complexity index is 1060. The third-order valence-corrected chi connectivity index (χ3v) is 4.97. The molecule has 2 heterocycles. The first-order chi connectivity index (χ1) is 12.4. The number of nitrogens with zero attached hydrogens (tertiary/aromatic N) is 3. The SMILES string of the molecule is CCOC(=O)Cn1c(=NC(=O)c2cc(C)no2)sc2c(C)cc(C)cc21. The number of carbonyl (C=O) groups excluding carboxylic acids is 2. The van der Waals surface area contributed by atoms with E-state index in [-0.39, 0.29) is 18.3 Å². The fourth-order valence-corrected chi connectivity index (χ4v) is 3.77. The maximum absolute atomic E-state index is 12.4. The Morgan fingerprint density at radius 2 is 2.04 bits per heavy atom. The van der Waals surface area contributed by atoms with Crippen molar-refractivity contribution in [2.75, 3.05) is 6.61 Å². The quantitative estimate of drug-likeness (QED) is 0.656. The number of fused-ring (bicyclic) bond motifs is 1. The van der Waals surface area contributed by atoms with Gasteiger partial charge in [0.15, 0.2) is 4.80 Å². The Balaban J connectivity index is 2.16. The van der Waals surface area contributed by atoms with Gasteiger partial charge in [-0.25, -0.2) is 0 Å². The third-order valence-electron chi connectivity index (χ3n) is 3.74. The molecular weight excluding hydrogens is 354 g/mol. The minimum absolute atomic E-state index is 0.0156. The molecule has 0 bridgehead atoms.